The Hall–Kier alpha value is -3.33. The Kier molecular flexibility index (Phi) is 4.43. The molecule has 0 aliphatic carbocycles. The zero-order chi connectivity index (χ0) is 16.9. The minimum atomic E-state index is -1.08. The van der Waals surface area contributed by atoms with Crippen LogP contribution in [0.25, 0.3) is 0 Å². The fourth-order valence-corrected chi connectivity index (χ4v) is 2.33. The van der Waals surface area contributed by atoms with Crippen molar-refractivity contribution in [2.75, 3.05) is 0 Å². The number of nitrogens with zero attached hydrogens (tertiary/aromatic N) is 4. The predicted molar refractivity (Wildman–Crippen MR) is 84.7 cm³/mol. The Balaban J connectivity index is 1.79. The summed E-state index contributed by atoms with van der Waals surface area (Å²) in [6.45, 7) is 0.528. The van der Waals surface area contributed by atoms with Crippen molar-refractivity contribution in [1.82, 2.24) is 14.8 Å². The molecule has 24 heavy (non-hydrogen) atoms. The highest BCUT2D eigenvalue weighted by Crippen LogP contribution is 2.19. The first kappa shape index (κ1) is 15.6. The van der Waals surface area contributed by atoms with Gasteiger partial charge in [0.25, 0.3) is 0 Å². The van der Waals surface area contributed by atoms with E-state index in [1.54, 1.807) is 10.9 Å². The van der Waals surface area contributed by atoms with Crippen LogP contribution in [0, 0.1) is 17.1 Å². The van der Waals surface area contributed by atoms with Crippen LogP contribution < -0.4 is 0 Å². The van der Waals surface area contributed by atoms with E-state index < -0.39 is 17.5 Å². The van der Waals surface area contributed by atoms with Crippen LogP contribution in [-0.4, -0.2) is 20.5 Å². The van der Waals surface area contributed by atoms with Crippen molar-refractivity contribution >= 4 is 5.78 Å². The average molecular weight is 320 g/mol. The Bertz CT molecular complexity index is 881. The zero-order valence-electron chi connectivity index (χ0n) is 12.6. The lowest BCUT2D eigenvalue weighted by atomic mass is 9.97. The quantitative estimate of drug-likeness (QED) is 0.678. The van der Waals surface area contributed by atoms with Crippen molar-refractivity contribution in [3.8, 4) is 6.07 Å². The number of nitriles is 1. The monoisotopic (exact) mass is 320 g/mol. The third kappa shape index (κ3) is 3.36. The summed E-state index contributed by atoms with van der Waals surface area (Å²) in [4.78, 5) is 16.3. The summed E-state index contributed by atoms with van der Waals surface area (Å²) >= 11 is 0. The van der Waals surface area contributed by atoms with Gasteiger partial charge in [-0.15, -0.1) is 0 Å². The number of hydrogen-bond acceptors (Lipinski definition) is 4. The van der Waals surface area contributed by atoms with Gasteiger partial charge in [0.1, 0.15) is 5.82 Å². The maximum Gasteiger partial charge on any atom is 0.189 e. The highest BCUT2D eigenvalue weighted by Gasteiger charge is 2.24. The Morgan fingerprint density at radius 2 is 2.00 bits per heavy atom. The smallest absolute Gasteiger partial charge is 0.189 e. The molecule has 0 spiro atoms. The molecule has 0 saturated heterocycles. The number of hydrogen-bond donors (Lipinski definition) is 0. The number of halogens is 1. The van der Waals surface area contributed by atoms with Gasteiger partial charge < -0.3 is 0 Å². The number of aromatic nitrogens is 3. The second-order valence-corrected chi connectivity index (χ2v) is 5.24. The summed E-state index contributed by atoms with van der Waals surface area (Å²) in [5, 5.41) is 13.5. The molecule has 1 atom stereocenters. The van der Waals surface area contributed by atoms with E-state index in [0.717, 1.165) is 11.8 Å². The van der Waals surface area contributed by atoms with Crippen LogP contribution in [0.4, 0.5) is 4.39 Å². The van der Waals surface area contributed by atoms with Gasteiger partial charge in [-0.05, 0) is 17.7 Å². The highest BCUT2D eigenvalue weighted by molar-refractivity contribution is 6.02. The highest BCUT2D eigenvalue weighted by atomic mass is 19.1. The number of carbonyl (C=O) groups is 1. The first-order chi connectivity index (χ1) is 11.7. The van der Waals surface area contributed by atoms with Crippen molar-refractivity contribution in [3.05, 3.63) is 83.7 Å². The largest absolute Gasteiger partial charge is 0.292 e. The van der Waals surface area contributed by atoms with E-state index in [9.17, 15) is 14.4 Å². The van der Waals surface area contributed by atoms with Crippen LogP contribution in [0.1, 0.15) is 27.5 Å². The molecule has 0 amide bonds. The molecular weight excluding hydrogens is 307 g/mol. The maximum atomic E-state index is 12.9. The molecule has 6 heteroatoms. The van der Waals surface area contributed by atoms with E-state index in [2.05, 4.69) is 10.1 Å². The Morgan fingerprint density at radius 3 is 2.67 bits per heavy atom. The van der Waals surface area contributed by atoms with Gasteiger partial charge >= 0.3 is 0 Å². The van der Waals surface area contributed by atoms with Gasteiger partial charge in [-0.3, -0.25) is 14.5 Å². The first-order valence-corrected chi connectivity index (χ1v) is 7.29. The van der Waals surface area contributed by atoms with Gasteiger partial charge in [0.2, 0.25) is 0 Å². The van der Waals surface area contributed by atoms with E-state index >= 15 is 0 Å². The number of ketones is 1. The number of rotatable bonds is 5. The lowest BCUT2D eigenvalue weighted by Gasteiger charge is -2.06. The first-order valence-electron chi connectivity index (χ1n) is 7.29. The topological polar surface area (TPSA) is 71.6 Å². The van der Waals surface area contributed by atoms with Crippen molar-refractivity contribution in [1.29, 1.82) is 5.26 Å². The normalized spacial score (nSPS) is 11.7. The summed E-state index contributed by atoms with van der Waals surface area (Å²) in [7, 11) is 0. The van der Waals surface area contributed by atoms with Crippen LogP contribution in [-0.2, 0) is 6.54 Å². The molecule has 1 aromatic carbocycles. The molecule has 0 bridgehead atoms. The standard InChI is InChI=1S/C18H13FN4O/c19-15-6-7-17(21-10-15)16(8-20)18(24)14-9-22-23(12-14)11-13-4-2-1-3-5-13/h1-7,9-10,12,16H,11H2. The fourth-order valence-electron chi connectivity index (χ4n) is 2.33. The minimum absolute atomic E-state index is 0.222. The van der Waals surface area contributed by atoms with Crippen LogP contribution >= 0.6 is 0 Å². The van der Waals surface area contributed by atoms with Gasteiger partial charge in [0.15, 0.2) is 11.7 Å². The molecular formula is C18H13FN4O. The van der Waals surface area contributed by atoms with Gasteiger partial charge in [-0.2, -0.15) is 10.4 Å². The number of benzene rings is 1. The third-order valence-electron chi connectivity index (χ3n) is 3.54. The molecule has 3 aromatic rings. The molecule has 3 rings (SSSR count). The summed E-state index contributed by atoms with van der Waals surface area (Å²) in [5.41, 5.74) is 1.60. The predicted octanol–water partition coefficient (Wildman–Crippen LogP) is 2.96. The number of Topliss-reactive ketones (excluding diaryl/α,β-unsaturated/α-hetero) is 1. The van der Waals surface area contributed by atoms with E-state index in [0.29, 0.717) is 12.1 Å². The van der Waals surface area contributed by atoms with E-state index in [1.165, 1.54) is 18.3 Å². The summed E-state index contributed by atoms with van der Waals surface area (Å²) in [5.74, 6) is -2.01. The van der Waals surface area contributed by atoms with Gasteiger partial charge in [0.05, 0.1) is 36.3 Å². The SMILES string of the molecule is N#CC(C(=O)c1cnn(Cc2ccccc2)c1)c1ccc(F)cn1. The van der Waals surface area contributed by atoms with Gasteiger partial charge in [0, 0.05) is 6.20 Å². The molecule has 0 N–H and O–H groups in total. The fraction of sp³-hybridized carbons (Fsp3) is 0.111. The van der Waals surface area contributed by atoms with Crippen molar-refractivity contribution in [2.45, 2.75) is 12.5 Å². The molecule has 0 radical (unpaired) electrons. The molecule has 5 nitrogen and oxygen atoms in total. The maximum absolute atomic E-state index is 12.9. The van der Waals surface area contributed by atoms with E-state index in [4.69, 9.17) is 0 Å². The zero-order valence-corrected chi connectivity index (χ0v) is 12.6. The average Bonchev–Trinajstić information content (AvgIpc) is 3.06. The third-order valence-corrected chi connectivity index (χ3v) is 3.54. The Morgan fingerprint density at radius 1 is 1.21 bits per heavy atom. The number of pyridine rings is 1. The van der Waals surface area contributed by atoms with Crippen LogP contribution in [0.15, 0.2) is 61.1 Å². The van der Waals surface area contributed by atoms with E-state index in [1.807, 2.05) is 36.4 Å². The van der Waals surface area contributed by atoms with Crippen molar-refractivity contribution in [2.24, 2.45) is 0 Å². The second-order valence-electron chi connectivity index (χ2n) is 5.24. The second kappa shape index (κ2) is 6.84. The van der Waals surface area contributed by atoms with E-state index in [-0.39, 0.29) is 5.69 Å². The summed E-state index contributed by atoms with van der Waals surface area (Å²) in [6.07, 6.45) is 4.02. The molecule has 0 fully saturated rings. The van der Waals surface area contributed by atoms with Crippen LogP contribution in [0.2, 0.25) is 0 Å². The molecule has 118 valence electrons. The van der Waals surface area contributed by atoms with Crippen LogP contribution in [0.5, 0.6) is 0 Å². The molecule has 0 aliphatic rings. The van der Waals surface area contributed by atoms with Crippen molar-refractivity contribution < 1.29 is 9.18 Å². The van der Waals surface area contributed by atoms with Crippen LogP contribution in [0.3, 0.4) is 0 Å². The minimum Gasteiger partial charge on any atom is -0.292 e. The molecule has 1 unspecified atom stereocenters. The number of carbonyl (C=O) groups excluding carboxylic acids is 1. The van der Waals surface area contributed by atoms with Gasteiger partial charge in [-0.1, -0.05) is 30.3 Å². The molecule has 2 aromatic heterocycles. The summed E-state index contributed by atoms with van der Waals surface area (Å²) in [6, 6.07) is 14.1. The van der Waals surface area contributed by atoms with Crippen molar-refractivity contribution in [3.63, 3.8) is 0 Å². The lowest BCUT2D eigenvalue weighted by molar-refractivity contribution is 0.0977. The lowest BCUT2D eigenvalue weighted by Crippen LogP contribution is -2.12. The molecule has 2 heterocycles. The Labute approximate surface area is 138 Å². The van der Waals surface area contributed by atoms with Gasteiger partial charge in [-0.25, -0.2) is 4.39 Å². The summed E-state index contributed by atoms with van der Waals surface area (Å²) < 4.78 is 14.6. The molecule has 0 aliphatic heterocycles. The molecule has 0 saturated carbocycles.